The summed E-state index contributed by atoms with van der Waals surface area (Å²) in [5.74, 6) is 1.49. The number of nitrogens with zero attached hydrogens (tertiary/aromatic N) is 3. The van der Waals surface area contributed by atoms with Crippen molar-refractivity contribution in [2.24, 2.45) is 0 Å². The van der Waals surface area contributed by atoms with Gasteiger partial charge in [0.15, 0.2) is 0 Å². The molecule has 1 aliphatic heterocycles. The van der Waals surface area contributed by atoms with Crippen LogP contribution in [0.25, 0.3) is 11.4 Å². The highest BCUT2D eigenvalue weighted by Crippen LogP contribution is 2.33. The van der Waals surface area contributed by atoms with E-state index in [-0.39, 0.29) is 0 Å². The largest absolute Gasteiger partial charge is 0.491 e. The summed E-state index contributed by atoms with van der Waals surface area (Å²) in [7, 11) is 2.07. The topological polar surface area (TPSA) is 30.3 Å². The summed E-state index contributed by atoms with van der Waals surface area (Å²) >= 11 is 0. The number of hydrogen-bond donors (Lipinski definition) is 0. The molecule has 0 saturated carbocycles. The molecule has 4 heteroatoms. The van der Waals surface area contributed by atoms with Crippen LogP contribution in [0, 0.1) is 0 Å². The summed E-state index contributed by atoms with van der Waals surface area (Å²) in [5.41, 5.74) is 5.49. The van der Waals surface area contributed by atoms with Gasteiger partial charge in [-0.3, -0.25) is 0 Å². The summed E-state index contributed by atoms with van der Waals surface area (Å²) in [6.45, 7) is 13.8. The standard InChI is InChI=1S/C22H31N3O/c1-7-17(8-2)18-9-10-22-21(13-18)25-19(11-12-26-22)14-20(23-25)16(5)24(6)15(3)4/h9-10,13-15,17H,5,7-8,11-12H2,1-4,6H3. The second-order valence-corrected chi connectivity index (χ2v) is 7.42. The molecule has 0 amide bonds. The van der Waals surface area contributed by atoms with Gasteiger partial charge in [-0.15, -0.1) is 0 Å². The lowest BCUT2D eigenvalue weighted by atomic mass is 9.93. The zero-order valence-electron chi connectivity index (χ0n) is 16.7. The van der Waals surface area contributed by atoms with E-state index in [0.29, 0.717) is 18.6 Å². The molecule has 2 heterocycles. The van der Waals surface area contributed by atoms with Gasteiger partial charge in [-0.1, -0.05) is 26.5 Å². The fourth-order valence-electron chi connectivity index (χ4n) is 3.54. The summed E-state index contributed by atoms with van der Waals surface area (Å²) < 4.78 is 8.04. The highest BCUT2D eigenvalue weighted by Gasteiger charge is 2.21. The minimum Gasteiger partial charge on any atom is -0.491 e. The van der Waals surface area contributed by atoms with Crippen molar-refractivity contribution in [3.8, 4) is 11.4 Å². The van der Waals surface area contributed by atoms with Crippen molar-refractivity contribution in [3.63, 3.8) is 0 Å². The van der Waals surface area contributed by atoms with E-state index < -0.39 is 0 Å². The third-order valence-electron chi connectivity index (χ3n) is 5.56. The number of rotatable bonds is 6. The van der Waals surface area contributed by atoms with E-state index in [1.807, 2.05) is 0 Å². The average Bonchev–Trinajstić information content (AvgIpc) is 2.98. The Morgan fingerprint density at radius 1 is 1.27 bits per heavy atom. The van der Waals surface area contributed by atoms with Crippen LogP contribution in [0.1, 0.15) is 63.4 Å². The molecule has 0 radical (unpaired) electrons. The van der Waals surface area contributed by atoms with Crippen LogP contribution < -0.4 is 4.74 Å². The zero-order chi connectivity index (χ0) is 18.8. The third-order valence-corrected chi connectivity index (χ3v) is 5.56. The second kappa shape index (κ2) is 7.56. The molecule has 0 aliphatic carbocycles. The van der Waals surface area contributed by atoms with E-state index in [9.17, 15) is 0 Å². The molecule has 0 fully saturated rings. The predicted octanol–water partition coefficient (Wildman–Crippen LogP) is 5.02. The molecule has 140 valence electrons. The first-order chi connectivity index (χ1) is 12.5. The lowest BCUT2D eigenvalue weighted by Gasteiger charge is -2.24. The predicted molar refractivity (Wildman–Crippen MR) is 108 cm³/mol. The minimum atomic E-state index is 0.390. The van der Waals surface area contributed by atoms with E-state index in [1.54, 1.807) is 0 Å². The van der Waals surface area contributed by atoms with Crippen molar-refractivity contribution in [1.29, 1.82) is 0 Å². The molecule has 0 unspecified atom stereocenters. The highest BCUT2D eigenvalue weighted by atomic mass is 16.5. The van der Waals surface area contributed by atoms with Crippen molar-refractivity contribution in [2.45, 2.75) is 58.9 Å². The SMILES string of the molecule is C=C(c1cc2n(n1)-c1cc(C(CC)CC)ccc1OCC2)N(C)C(C)C. The molecular weight excluding hydrogens is 322 g/mol. The molecule has 0 bridgehead atoms. The summed E-state index contributed by atoms with van der Waals surface area (Å²) in [6, 6.07) is 9.11. The van der Waals surface area contributed by atoms with E-state index in [4.69, 9.17) is 9.84 Å². The Labute approximate surface area is 157 Å². The van der Waals surface area contributed by atoms with E-state index in [2.05, 4.69) is 75.2 Å². The number of ether oxygens (including phenoxy) is 1. The maximum Gasteiger partial charge on any atom is 0.144 e. The van der Waals surface area contributed by atoms with Crippen LogP contribution in [0.5, 0.6) is 5.75 Å². The Hall–Kier alpha value is -2.23. The lowest BCUT2D eigenvalue weighted by molar-refractivity contribution is 0.326. The first kappa shape index (κ1) is 18.6. The number of hydrogen-bond acceptors (Lipinski definition) is 3. The summed E-state index contributed by atoms with van der Waals surface area (Å²) in [6.07, 6.45) is 3.13. The number of fused-ring (bicyclic) bond motifs is 3. The van der Waals surface area contributed by atoms with Gasteiger partial charge in [-0.05, 0) is 56.4 Å². The molecule has 3 rings (SSSR count). The molecule has 1 aromatic heterocycles. The summed E-state index contributed by atoms with van der Waals surface area (Å²) in [5, 5.41) is 4.90. The van der Waals surface area contributed by atoms with E-state index in [1.165, 1.54) is 11.3 Å². The molecule has 1 aliphatic rings. The lowest BCUT2D eigenvalue weighted by Crippen LogP contribution is -2.24. The molecule has 0 atom stereocenters. The average molecular weight is 354 g/mol. The van der Waals surface area contributed by atoms with Crippen molar-refractivity contribution in [3.05, 3.63) is 47.8 Å². The maximum atomic E-state index is 5.98. The van der Waals surface area contributed by atoms with Gasteiger partial charge < -0.3 is 9.64 Å². The van der Waals surface area contributed by atoms with Gasteiger partial charge in [-0.2, -0.15) is 5.10 Å². The van der Waals surface area contributed by atoms with Crippen LogP contribution in [0.4, 0.5) is 0 Å². The Balaban J connectivity index is 2.05. The van der Waals surface area contributed by atoms with Gasteiger partial charge in [0.25, 0.3) is 0 Å². The fraction of sp³-hybridized carbons (Fsp3) is 0.500. The smallest absolute Gasteiger partial charge is 0.144 e. The Bertz CT molecular complexity index is 787. The van der Waals surface area contributed by atoms with Crippen LogP contribution in [-0.4, -0.2) is 34.4 Å². The van der Waals surface area contributed by atoms with Gasteiger partial charge in [0.2, 0.25) is 0 Å². The van der Waals surface area contributed by atoms with Gasteiger partial charge >= 0.3 is 0 Å². The molecule has 26 heavy (non-hydrogen) atoms. The van der Waals surface area contributed by atoms with Gasteiger partial charge in [0, 0.05) is 25.2 Å². The third kappa shape index (κ3) is 3.37. The normalized spacial score (nSPS) is 13.2. The summed E-state index contributed by atoms with van der Waals surface area (Å²) in [4.78, 5) is 2.17. The van der Waals surface area contributed by atoms with E-state index >= 15 is 0 Å². The molecule has 4 nitrogen and oxygen atoms in total. The van der Waals surface area contributed by atoms with Crippen molar-refractivity contribution >= 4 is 5.70 Å². The second-order valence-electron chi connectivity index (χ2n) is 7.42. The van der Waals surface area contributed by atoms with Gasteiger partial charge in [-0.25, -0.2) is 4.68 Å². The van der Waals surface area contributed by atoms with Crippen molar-refractivity contribution in [2.75, 3.05) is 13.7 Å². The molecule has 0 N–H and O–H groups in total. The quantitative estimate of drug-likeness (QED) is 0.730. The van der Waals surface area contributed by atoms with Crippen LogP contribution in [0.3, 0.4) is 0 Å². The van der Waals surface area contributed by atoms with Gasteiger partial charge in [0.05, 0.1) is 12.3 Å². The first-order valence-corrected chi connectivity index (χ1v) is 9.74. The molecule has 0 saturated heterocycles. The Morgan fingerprint density at radius 3 is 2.65 bits per heavy atom. The fourth-order valence-corrected chi connectivity index (χ4v) is 3.54. The van der Waals surface area contributed by atoms with Crippen molar-refractivity contribution < 1.29 is 4.74 Å². The highest BCUT2D eigenvalue weighted by molar-refractivity contribution is 5.60. The van der Waals surface area contributed by atoms with Crippen LogP contribution in [-0.2, 0) is 6.42 Å². The number of benzene rings is 1. The van der Waals surface area contributed by atoms with Crippen LogP contribution in [0.15, 0.2) is 30.8 Å². The first-order valence-electron chi connectivity index (χ1n) is 9.74. The Kier molecular flexibility index (Phi) is 5.40. The Morgan fingerprint density at radius 2 is 2.00 bits per heavy atom. The van der Waals surface area contributed by atoms with Gasteiger partial charge in [0.1, 0.15) is 17.1 Å². The molecule has 0 spiro atoms. The van der Waals surface area contributed by atoms with E-state index in [0.717, 1.165) is 42.1 Å². The van der Waals surface area contributed by atoms with Crippen molar-refractivity contribution in [1.82, 2.24) is 14.7 Å². The number of aromatic nitrogens is 2. The maximum absolute atomic E-state index is 5.98. The zero-order valence-corrected chi connectivity index (χ0v) is 16.7. The minimum absolute atomic E-state index is 0.390. The monoisotopic (exact) mass is 353 g/mol. The van der Waals surface area contributed by atoms with Crippen LogP contribution in [0.2, 0.25) is 0 Å². The van der Waals surface area contributed by atoms with Crippen LogP contribution >= 0.6 is 0 Å². The molecule has 2 aromatic rings. The molecular formula is C22H31N3O. The molecule has 1 aromatic carbocycles.